The lowest BCUT2D eigenvalue weighted by Gasteiger charge is -2.34. The number of halogens is 1. The van der Waals surface area contributed by atoms with Crippen molar-refractivity contribution in [2.24, 2.45) is 0 Å². The first-order chi connectivity index (χ1) is 13.4. The number of hydrogen-bond donors (Lipinski definition) is 0. The van der Waals surface area contributed by atoms with Gasteiger partial charge in [0.1, 0.15) is 5.82 Å². The minimum Gasteiger partial charge on any atom is -0.336 e. The zero-order valence-corrected chi connectivity index (χ0v) is 16.8. The second-order valence-electron chi connectivity index (χ2n) is 6.95. The topological polar surface area (TPSA) is 57.7 Å². The second kappa shape index (κ2) is 8.84. The predicted molar refractivity (Wildman–Crippen MR) is 106 cm³/mol. The normalized spacial score (nSPS) is 15.6. The van der Waals surface area contributed by atoms with Gasteiger partial charge in [-0.1, -0.05) is 31.5 Å². The smallest absolute Gasteiger partial charge is 0.253 e. The quantitative estimate of drug-likeness (QED) is 0.742. The maximum Gasteiger partial charge on any atom is 0.253 e. The Morgan fingerprint density at radius 3 is 2.32 bits per heavy atom. The first kappa shape index (κ1) is 20.5. The van der Waals surface area contributed by atoms with E-state index in [9.17, 15) is 17.6 Å². The third-order valence-electron chi connectivity index (χ3n) is 4.98. The fourth-order valence-electron chi connectivity index (χ4n) is 3.29. The number of carbonyl (C=O) groups excluding carboxylic acids is 1. The van der Waals surface area contributed by atoms with Crippen molar-refractivity contribution in [3.05, 3.63) is 65.5 Å². The van der Waals surface area contributed by atoms with Crippen molar-refractivity contribution in [3.8, 4) is 0 Å². The second-order valence-corrected chi connectivity index (χ2v) is 8.89. The Bertz CT molecular complexity index is 921. The van der Waals surface area contributed by atoms with Crippen molar-refractivity contribution in [1.29, 1.82) is 0 Å². The van der Waals surface area contributed by atoms with Gasteiger partial charge in [0.25, 0.3) is 5.91 Å². The van der Waals surface area contributed by atoms with Gasteiger partial charge in [-0.2, -0.15) is 4.31 Å². The van der Waals surface area contributed by atoms with Crippen LogP contribution in [0.5, 0.6) is 0 Å². The van der Waals surface area contributed by atoms with Gasteiger partial charge in [-0.25, -0.2) is 12.8 Å². The molecule has 1 amide bonds. The van der Waals surface area contributed by atoms with Crippen molar-refractivity contribution in [2.45, 2.75) is 31.1 Å². The van der Waals surface area contributed by atoms with Crippen molar-refractivity contribution in [1.82, 2.24) is 9.21 Å². The van der Waals surface area contributed by atoms with Crippen molar-refractivity contribution in [3.63, 3.8) is 0 Å². The van der Waals surface area contributed by atoms with Gasteiger partial charge in [-0.15, -0.1) is 0 Å². The van der Waals surface area contributed by atoms with E-state index in [1.807, 2.05) is 24.3 Å². The Hall–Kier alpha value is -2.25. The zero-order chi connectivity index (χ0) is 20.1. The van der Waals surface area contributed by atoms with Crippen LogP contribution in [-0.2, 0) is 16.4 Å². The molecule has 1 saturated heterocycles. The van der Waals surface area contributed by atoms with Gasteiger partial charge in [0.15, 0.2) is 0 Å². The minimum atomic E-state index is -3.76. The number of benzene rings is 2. The van der Waals surface area contributed by atoms with E-state index in [0.29, 0.717) is 18.7 Å². The summed E-state index contributed by atoms with van der Waals surface area (Å²) < 4.78 is 40.0. The van der Waals surface area contributed by atoms with Gasteiger partial charge in [0.2, 0.25) is 10.0 Å². The summed E-state index contributed by atoms with van der Waals surface area (Å²) in [6.45, 7) is 3.15. The van der Waals surface area contributed by atoms with Crippen LogP contribution in [0.2, 0.25) is 0 Å². The van der Waals surface area contributed by atoms with Crippen LogP contribution in [0.4, 0.5) is 4.39 Å². The Morgan fingerprint density at radius 2 is 1.71 bits per heavy atom. The van der Waals surface area contributed by atoms with Crippen LogP contribution in [0.25, 0.3) is 0 Å². The average molecular weight is 405 g/mol. The molecule has 0 atom stereocenters. The fourth-order valence-corrected chi connectivity index (χ4v) is 4.74. The average Bonchev–Trinajstić information content (AvgIpc) is 2.72. The van der Waals surface area contributed by atoms with E-state index in [1.54, 1.807) is 4.90 Å². The van der Waals surface area contributed by atoms with E-state index in [-0.39, 0.29) is 23.9 Å². The monoisotopic (exact) mass is 404 g/mol. The number of nitrogens with zero attached hydrogens (tertiary/aromatic N) is 2. The van der Waals surface area contributed by atoms with E-state index < -0.39 is 15.8 Å². The maximum atomic E-state index is 13.4. The first-order valence-electron chi connectivity index (χ1n) is 9.56. The van der Waals surface area contributed by atoms with Crippen LogP contribution >= 0.6 is 0 Å². The number of carbonyl (C=O) groups is 1. The molecular weight excluding hydrogens is 379 g/mol. The van der Waals surface area contributed by atoms with Gasteiger partial charge < -0.3 is 4.90 Å². The summed E-state index contributed by atoms with van der Waals surface area (Å²) in [7, 11) is -3.76. The van der Waals surface area contributed by atoms with Crippen LogP contribution in [-0.4, -0.2) is 49.7 Å². The molecule has 0 spiro atoms. The van der Waals surface area contributed by atoms with E-state index >= 15 is 0 Å². The van der Waals surface area contributed by atoms with Gasteiger partial charge in [-0.3, -0.25) is 4.79 Å². The first-order valence-corrected chi connectivity index (χ1v) is 11.0. The molecule has 1 fully saturated rings. The number of hydrogen-bond acceptors (Lipinski definition) is 3. The molecule has 2 aromatic carbocycles. The lowest BCUT2D eigenvalue weighted by atomic mass is 10.1. The molecule has 1 heterocycles. The van der Waals surface area contributed by atoms with Crippen molar-refractivity contribution < 1.29 is 17.6 Å². The molecule has 0 aliphatic carbocycles. The highest BCUT2D eigenvalue weighted by Gasteiger charge is 2.30. The van der Waals surface area contributed by atoms with E-state index in [4.69, 9.17) is 0 Å². The summed E-state index contributed by atoms with van der Waals surface area (Å²) >= 11 is 0. The Labute approximate surface area is 165 Å². The number of rotatable bonds is 6. The molecule has 7 heteroatoms. The summed E-state index contributed by atoms with van der Waals surface area (Å²) in [6.07, 6.45) is 3.25. The summed E-state index contributed by atoms with van der Waals surface area (Å²) in [4.78, 5) is 14.3. The molecule has 0 bridgehead atoms. The molecule has 2 aromatic rings. The van der Waals surface area contributed by atoms with Gasteiger partial charge >= 0.3 is 0 Å². The van der Waals surface area contributed by atoms with Crippen LogP contribution in [0.15, 0.2) is 53.4 Å². The largest absolute Gasteiger partial charge is 0.336 e. The molecule has 0 N–H and O–H groups in total. The summed E-state index contributed by atoms with van der Waals surface area (Å²) in [5.74, 6) is -0.679. The molecule has 150 valence electrons. The van der Waals surface area contributed by atoms with E-state index in [1.165, 1.54) is 28.1 Å². The van der Waals surface area contributed by atoms with E-state index in [0.717, 1.165) is 25.3 Å². The van der Waals surface area contributed by atoms with Crippen LogP contribution in [0.3, 0.4) is 0 Å². The molecule has 5 nitrogen and oxygen atoms in total. The molecule has 3 rings (SSSR count). The molecule has 0 unspecified atom stereocenters. The molecule has 1 aliphatic heterocycles. The minimum absolute atomic E-state index is 0.0602. The third kappa shape index (κ3) is 4.59. The molecule has 1 aliphatic rings. The molecule has 0 radical (unpaired) electrons. The highest BCUT2D eigenvalue weighted by molar-refractivity contribution is 7.89. The van der Waals surface area contributed by atoms with Gasteiger partial charge in [0.05, 0.1) is 4.90 Å². The molecular formula is C21H25FN2O3S. The van der Waals surface area contributed by atoms with Gasteiger partial charge in [0, 0.05) is 31.7 Å². The SMILES string of the molecule is CCCCc1ccc(C(=O)N2CCN(S(=O)(=O)c3cccc(F)c3)CC2)cc1. The number of aryl methyl sites for hydroxylation is 1. The molecule has 28 heavy (non-hydrogen) atoms. The van der Waals surface area contributed by atoms with Crippen molar-refractivity contribution in [2.75, 3.05) is 26.2 Å². The highest BCUT2D eigenvalue weighted by atomic mass is 32.2. The lowest BCUT2D eigenvalue weighted by Crippen LogP contribution is -2.50. The van der Waals surface area contributed by atoms with Crippen molar-refractivity contribution >= 4 is 15.9 Å². The summed E-state index contributed by atoms with van der Waals surface area (Å²) in [5, 5.41) is 0. The number of unbranched alkanes of at least 4 members (excludes halogenated alkanes) is 1. The summed E-state index contributed by atoms with van der Waals surface area (Å²) in [6, 6.07) is 12.6. The Balaban J connectivity index is 1.62. The van der Waals surface area contributed by atoms with Crippen LogP contribution in [0.1, 0.15) is 35.7 Å². The highest BCUT2D eigenvalue weighted by Crippen LogP contribution is 2.19. The fraction of sp³-hybridized carbons (Fsp3) is 0.381. The number of piperazine rings is 1. The Morgan fingerprint density at radius 1 is 1.04 bits per heavy atom. The summed E-state index contributed by atoms with van der Waals surface area (Å²) in [5.41, 5.74) is 1.83. The third-order valence-corrected chi connectivity index (χ3v) is 6.87. The van der Waals surface area contributed by atoms with Crippen LogP contribution in [0, 0.1) is 5.82 Å². The zero-order valence-electron chi connectivity index (χ0n) is 16.0. The molecule has 0 saturated carbocycles. The standard InChI is InChI=1S/C21H25FN2O3S/c1-2-3-5-17-8-10-18(11-9-17)21(25)23-12-14-24(15-13-23)28(26,27)20-7-4-6-19(22)16-20/h4,6-11,16H,2-3,5,12-15H2,1H3. The number of sulfonamides is 1. The van der Waals surface area contributed by atoms with E-state index in [2.05, 4.69) is 6.92 Å². The van der Waals surface area contributed by atoms with Gasteiger partial charge in [-0.05, 0) is 48.7 Å². The van der Waals surface area contributed by atoms with Crippen LogP contribution < -0.4 is 0 Å². The maximum absolute atomic E-state index is 13.4. The number of amides is 1. The Kier molecular flexibility index (Phi) is 6.46. The lowest BCUT2D eigenvalue weighted by molar-refractivity contribution is 0.0698. The molecule has 0 aromatic heterocycles. The predicted octanol–water partition coefficient (Wildman–Crippen LogP) is 3.32.